The summed E-state index contributed by atoms with van der Waals surface area (Å²) in [5.41, 5.74) is -0.252. The lowest BCUT2D eigenvalue weighted by Crippen LogP contribution is -2.55. The molecule has 1 N–H and O–H groups in total. The van der Waals surface area contributed by atoms with Crippen molar-refractivity contribution in [3.05, 3.63) is 23.8 Å². The molecule has 25 heavy (non-hydrogen) atoms. The largest absolute Gasteiger partial charge is 0.493 e. The predicted molar refractivity (Wildman–Crippen MR) is 95.3 cm³/mol. The summed E-state index contributed by atoms with van der Waals surface area (Å²) in [7, 11) is 3.13. The average molecular weight is 348 g/mol. The number of likely N-dealkylation sites (tertiary alicyclic amines) is 2. The Morgan fingerprint density at radius 3 is 2.52 bits per heavy atom. The zero-order valence-electron chi connectivity index (χ0n) is 15.2. The lowest BCUT2D eigenvalue weighted by Gasteiger charge is -2.41. The van der Waals surface area contributed by atoms with Crippen molar-refractivity contribution in [2.45, 2.75) is 31.3 Å². The van der Waals surface area contributed by atoms with Crippen LogP contribution in [0.1, 0.15) is 36.0 Å². The van der Waals surface area contributed by atoms with Gasteiger partial charge in [-0.15, -0.1) is 0 Å². The van der Waals surface area contributed by atoms with Crippen LogP contribution in [0.2, 0.25) is 0 Å². The van der Waals surface area contributed by atoms with E-state index in [2.05, 4.69) is 4.90 Å². The number of amides is 1. The zero-order chi connectivity index (χ0) is 17.9. The van der Waals surface area contributed by atoms with Gasteiger partial charge < -0.3 is 24.4 Å². The van der Waals surface area contributed by atoms with Gasteiger partial charge in [-0.05, 0) is 57.0 Å². The molecule has 0 spiro atoms. The number of carbonyl (C=O) groups is 1. The fraction of sp³-hybridized carbons (Fsp3) is 0.632. The molecule has 0 radical (unpaired) electrons. The fourth-order valence-corrected chi connectivity index (χ4v) is 3.92. The Morgan fingerprint density at radius 1 is 1.12 bits per heavy atom. The van der Waals surface area contributed by atoms with E-state index >= 15 is 0 Å². The van der Waals surface area contributed by atoms with E-state index in [0.717, 1.165) is 25.9 Å². The monoisotopic (exact) mass is 348 g/mol. The molecule has 6 heteroatoms. The first-order valence-electron chi connectivity index (χ1n) is 9.01. The first-order valence-corrected chi connectivity index (χ1v) is 9.01. The van der Waals surface area contributed by atoms with E-state index in [1.54, 1.807) is 37.3 Å². The summed E-state index contributed by atoms with van der Waals surface area (Å²) in [6.07, 6.45) is 3.97. The minimum absolute atomic E-state index is 0.0690. The lowest BCUT2D eigenvalue weighted by atomic mass is 9.91. The Balaban J connectivity index is 1.71. The second kappa shape index (κ2) is 7.62. The van der Waals surface area contributed by atoms with E-state index in [1.807, 2.05) is 0 Å². The summed E-state index contributed by atoms with van der Waals surface area (Å²) >= 11 is 0. The number of methoxy groups -OCH3 is 2. The molecule has 1 aromatic rings. The van der Waals surface area contributed by atoms with E-state index in [9.17, 15) is 9.90 Å². The van der Waals surface area contributed by atoms with Crippen LogP contribution in [0.3, 0.4) is 0 Å². The highest BCUT2D eigenvalue weighted by Crippen LogP contribution is 2.30. The lowest BCUT2D eigenvalue weighted by molar-refractivity contribution is -0.0431. The van der Waals surface area contributed by atoms with Crippen LogP contribution in [0, 0.1) is 0 Å². The quantitative estimate of drug-likeness (QED) is 0.879. The van der Waals surface area contributed by atoms with Gasteiger partial charge in [-0.3, -0.25) is 4.79 Å². The number of carbonyl (C=O) groups excluding carboxylic acids is 1. The molecule has 2 saturated heterocycles. The maximum absolute atomic E-state index is 12.9. The Labute approximate surface area is 149 Å². The minimum atomic E-state index is -0.811. The summed E-state index contributed by atoms with van der Waals surface area (Å²) in [6, 6.07) is 5.19. The summed E-state index contributed by atoms with van der Waals surface area (Å²) < 4.78 is 10.5. The number of rotatable bonds is 5. The molecule has 2 aliphatic rings. The molecule has 2 heterocycles. The Morgan fingerprint density at radius 2 is 1.84 bits per heavy atom. The number of ether oxygens (including phenoxy) is 2. The number of hydrogen-bond donors (Lipinski definition) is 1. The SMILES string of the molecule is COc1ccc(C(=O)N2CCC[C@@](O)(CN3CCCC3)C2)cc1OC. The molecular formula is C19H28N2O4. The molecule has 1 amide bonds. The molecule has 1 aromatic carbocycles. The first-order chi connectivity index (χ1) is 12.0. The number of benzene rings is 1. The van der Waals surface area contributed by atoms with Gasteiger partial charge in [0, 0.05) is 18.7 Å². The van der Waals surface area contributed by atoms with Gasteiger partial charge >= 0.3 is 0 Å². The van der Waals surface area contributed by atoms with Gasteiger partial charge in [-0.1, -0.05) is 0 Å². The molecule has 0 aromatic heterocycles. The van der Waals surface area contributed by atoms with E-state index in [4.69, 9.17) is 9.47 Å². The fourth-order valence-electron chi connectivity index (χ4n) is 3.92. The second-order valence-electron chi connectivity index (χ2n) is 7.11. The number of β-amino-alcohol motifs (C(OH)–C–C–N with tert-alkyl or cyclic N) is 1. The molecule has 0 bridgehead atoms. The number of piperidine rings is 1. The maximum atomic E-state index is 12.9. The molecule has 0 unspecified atom stereocenters. The topological polar surface area (TPSA) is 62.2 Å². The standard InChI is InChI=1S/C19H28N2O4/c1-24-16-7-6-15(12-17(16)25-2)18(22)21-11-5-8-19(23,14-21)13-20-9-3-4-10-20/h6-7,12,23H,3-5,8-11,13-14H2,1-2H3/t19-/m1/s1. The van der Waals surface area contributed by atoms with Crippen molar-refractivity contribution in [2.24, 2.45) is 0 Å². The summed E-state index contributed by atoms with van der Waals surface area (Å²) in [4.78, 5) is 17.0. The molecule has 6 nitrogen and oxygen atoms in total. The normalized spacial score (nSPS) is 24.4. The van der Waals surface area contributed by atoms with Crippen molar-refractivity contribution in [3.8, 4) is 11.5 Å². The van der Waals surface area contributed by atoms with Crippen LogP contribution in [0.25, 0.3) is 0 Å². The van der Waals surface area contributed by atoms with Gasteiger partial charge in [0.2, 0.25) is 0 Å². The van der Waals surface area contributed by atoms with Gasteiger partial charge in [0.15, 0.2) is 11.5 Å². The van der Waals surface area contributed by atoms with Crippen LogP contribution in [-0.4, -0.2) is 73.4 Å². The van der Waals surface area contributed by atoms with Crippen molar-refractivity contribution >= 4 is 5.91 Å². The van der Waals surface area contributed by atoms with Crippen LogP contribution in [0.15, 0.2) is 18.2 Å². The molecule has 2 fully saturated rings. The van der Waals surface area contributed by atoms with Crippen molar-refractivity contribution in [2.75, 3.05) is 46.9 Å². The van der Waals surface area contributed by atoms with Crippen LogP contribution in [-0.2, 0) is 0 Å². The average Bonchev–Trinajstić information content (AvgIpc) is 3.12. The Kier molecular flexibility index (Phi) is 5.49. The molecule has 0 aliphatic carbocycles. The van der Waals surface area contributed by atoms with E-state index in [-0.39, 0.29) is 5.91 Å². The highest BCUT2D eigenvalue weighted by atomic mass is 16.5. The third-order valence-corrected chi connectivity index (χ3v) is 5.19. The van der Waals surface area contributed by atoms with Crippen LogP contribution >= 0.6 is 0 Å². The smallest absolute Gasteiger partial charge is 0.254 e. The molecule has 3 rings (SSSR count). The molecule has 138 valence electrons. The Bertz CT molecular complexity index is 615. The van der Waals surface area contributed by atoms with Crippen LogP contribution in [0.4, 0.5) is 0 Å². The van der Waals surface area contributed by atoms with E-state index in [0.29, 0.717) is 36.7 Å². The summed E-state index contributed by atoms with van der Waals surface area (Å²) in [5, 5.41) is 11.0. The predicted octanol–water partition coefficient (Wildman–Crippen LogP) is 1.77. The zero-order valence-corrected chi connectivity index (χ0v) is 15.2. The van der Waals surface area contributed by atoms with Crippen molar-refractivity contribution in [1.29, 1.82) is 0 Å². The van der Waals surface area contributed by atoms with Crippen molar-refractivity contribution < 1.29 is 19.4 Å². The second-order valence-corrected chi connectivity index (χ2v) is 7.11. The summed E-state index contributed by atoms with van der Waals surface area (Å²) in [5.74, 6) is 1.07. The van der Waals surface area contributed by atoms with E-state index < -0.39 is 5.60 Å². The highest BCUT2D eigenvalue weighted by Gasteiger charge is 2.37. The van der Waals surface area contributed by atoms with Crippen molar-refractivity contribution in [1.82, 2.24) is 9.80 Å². The van der Waals surface area contributed by atoms with Gasteiger partial charge in [-0.2, -0.15) is 0 Å². The molecular weight excluding hydrogens is 320 g/mol. The maximum Gasteiger partial charge on any atom is 0.254 e. The highest BCUT2D eigenvalue weighted by molar-refractivity contribution is 5.95. The van der Waals surface area contributed by atoms with Crippen LogP contribution in [0.5, 0.6) is 11.5 Å². The Hall–Kier alpha value is -1.79. The number of aliphatic hydroxyl groups is 1. The number of nitrogens with zero attached hydrogens (tertiary/aromatic N) is 2. The first kappa shape index (κ1) is 18.0. The molecule has 0 saturated carbocycles. The summed E-state index contributed by atoms with van der Waals surface area (Å²) in [6.45, 7) is 3.81. The van der Waals surface area contributed by atoms with Crippen LogP contribution < -0.4 is 9.47 Å². The number of hydrogen-bond acceptors (Lipinski definition) is 5. The van der Waals surface area contributed by atoms with Crippen molar-refractivity contribution in [3.63, 3.8) is 0 Å². The van der Waals surface area contributed by atoms with E-state index in [1.165, 1.54) is 12.8 Å². The minimum Gasteiger partial charge on any atom is -0.493 e. The molecule has 1 atom stereocenters. The van der Waals surface area contributed by atoms with Gasteiger partial charge in [0.1, 0.15) is 0 Å². The van der Waals surface area contributed by atoms with Gasteiger partial charge in [0.25, 0.3) is 5.91 Å². The van der Waals surface area contributed by atoms with Gasteiger partial charge in [0.05, 0.1) is 26.4 Å². The third kappa shape index (κ3) is 4.07. The third-order valence-electron chi connectivity index (χ3n) is 5.19. The molecule has 2 aliphatic heterocycles. The van der Waals surface area contributed by atoms with Gasteiger partial charge in [-0.25, -0.2) is 0 Å².